The third kappa shape index (κ3) is 6.78. The van der Waals surface area contributed by atoms with Gasteiger partial charge in [0.15, 0.2) is 11.6 Å². The van der Waals surface area contributed by atoms with Gasteiger partial charge in [-0.3, -0.25) is 9.69 Å². The zero-order chi connectivity index (χ0) is 26.4. The van der Waals surface area contributed by atoms with Crippen LogP contribution in [-0.2, 0) is 19.6 Å². The summed E-state index contributed by atoms with van der Waals surface area (Å²) in [6.07, 6.45) is -0.557. The maximum Gasteiger partial charge on any atom is 0.243 e. The van der Waals surface area contributed by atoms with Crippen molar-refractivity contribution < 1.29 is 26.7 Å². The van der Waals surface area contributed by atoms with Crippen LogP contribution in [0.25, 0.3) is 0 Å². The molecule has 37 heavy (non-hydrogen) atoms. The fourth-order valence-electron chi connectivity index (χ4n) is 4.24. The van der Waals surface area contributed by atoms with Crippen LogP contribution >= 0.6 is 0 Å². The van der Waals surface area contributed by atoms with Crippen molar-refractivity contribution in [2.24, 2.45) is 0 Å². The van der Waals surface area contributed by atoms with Crippen LogP contribution in [-0.4, -0.2) is 62.9 Å². The number of nitrogens with zero attached hydrogens (tertiary/aromatic N) is 2. The van der Waals surface area contributed by atoms with Crippen molar-refractivity contribution in [1.82, 2.24) is 9.21 Å². The average molecular weight is 530 g/mol. The molecule has 0 radical (unpaired) electrons. The molecule has 0 spiro atoms. The topological polar surface area (TPSA) is 79.0 Å². The number of carbonyl (C=O) groups is 1. The van der Waals surface area contributed by atoms with E-state index >= 15 is 0 Å². The minimum Gasteiger partial charge on any atom is -0.367 e. The van der Waals surface area contributed by atoms with Crippen LogP contribution in [0.5, 0.6) is 0 Å². The summed E-state index contributed by atoms with van der Waals surface area (Å²) in [6, 6.07) is 19.2. The number of rotatable bonds is 9. The first kappa shape index (κ1) is 26.9. The predicted octanol–water partition coefficient (Wildman–Crippen LogP) is 4.04. The molecule has 1 atom stereocenters. The summed E-state index contributed by atoms with van der Waals surface area (Å²) in [5.41, 5.74) is 1.88. The molecule has 1 amide bonds. The Labute approximate surface area is 215 Å². The molecule has 0 saturated carbocycles. The number of benzene rings is 3. The standard InChI is InChI=1S/C27H29F2N3O4S/c1-20(33)30-23-8-10-24(11-9-23)37(34,35)32-15-13-31(14-16-32)17-18-36-27(21-5-3-2-4-6-21)22-7-12-25(28)26(29)19-22/h2-12,19,27H,13-18H2,1H3,(H,30,33)/t27-/m1/s1. The van der Waals surface area contributed by atoms with E-state index in [1.54, 1.807) is 12.1 Å². The summed E-state index contributed by atoms with van der Waals surface area (Å²) in [5, 5.41) is 2.62. The predicted molar refractivity (Wildman–Crippen MR) is 137 cm³/mol. The summed E-state index contributed by atoms with van der Waals surface area (Å²) < 4.78 is 61.0. The van der Waals surface area contributed by atoms with Gasteiger partial charge in [-0.05, 0) is 47.5 Å². The quantitative estimate of drug-likeness (QED) is 0.453. The largest absolute Gasteiger partial charge is 0.367 e. The second-order valence-corrected chi connectivity index (χ2v) is 10.7. The van der Waals surface area contributed by atoms with Crippen LogP contribution in [0.1, 0.15) is 24.2 Å². The summed E-state index contributed by atoms with van der Waals surface area (Å²) >= 11 is 0. The first-order valence-corrected chi connectivity index (χ1v) is 13.4. The molecule has 0 aromatic heterocycles. The molecule has 196 valence electrons. The summed E-state index contributed by atoms with van der Waals surface area (Å²) in [7, 11) is -3.65. The minimum atomic E-state index is -3.65. The lowest BCUT2D eigenvalue weighted by Crippen LogP contribution is -2.49. The maximum absolute atomic E-state index is 13.9. The zero-order valence-electron chi connectivity index (χ0n) is 20.4. The number of halogens is 2. The first-order valence-electron chi connectivity index (χ1n) is 12.0. The van der Waals surface area contributed by atoms with Gasteiger partial charge in [-0.2, -0.15) is 4.31 Å². The second-order valence-electron chi connectivity index (χ2n) is 8.79. The number of hydrogen-bond acceptors (Lipinski definition) is 5. The Kier molecular flexibility index (Phi) is 8.65. The van der Waals surface area contributed by atoms with Gasteiger partial charge in [0.05, 0.1) is 11.5 Å². The minimum absolute atomic E-state index is 0.176. The molecule has 3 aromatic carbocycles. The summed E-state index contributed by atoms with van der Waals surface area (Å²) in [5.74, 6) is -2.06. The molecule has 10 heteroatoms. The molecule has 7 nitrogen and oxygen atoms in total. The highest BCUT2D eigenvalue weighted by atomic mass is 32.2. The number of ether oxygens (including phenoxy) is 1. The number of sulfonamides is 1. The number of anilines is 1. The Morgan fingerprint density at radius 2 is 1.59 bits per heavy atom. The Morgan fingerprint density at radius 1 is 0.919 bits per heavy atom. The van der Waals surface area contributed by atoms with Crippen LogP contribution in [0.4, 0.5) is 14.5 Å². The molecule has 1 aliphatic heterocycles. The monoisotopic (exact) mass is 529 g/mol. The highest BCUT2D eigenvalue weighted by molar-refractivity contribution is 7.89. The van der Waals surface area contributed by atoms with E-state index < -0.39 is 27.8 Å². The van der Waals surface area contributed by atoms with Crippen molar-refractivity contribution in [3.63, 3.8) is 0 Å². The molecule has 4 rings (SSSR count). The van der Waals surface area contributed by atoms with E-state index in [9.17, 15) is 22.0 Å². The lowest BCUT2D eigenvalue weighted by molar-refractivity contribution is -0.114. The lowest BCUT2D eigenvalue weighted by atomic mass is 10.0. The van der Waals surface area contributed by atoms with E-state index in [4.69, 9.17) is 4.74 Å². The van der Waals surface area contributed by atoms with Gasteiger partial charge in [0.25, 0.3) is 0 Å². The van der Waals surface area contributed by atoms with Crippen molar-refractivity contribution >= 4 is 21.6 Å². The van der Waals surface area contributed by atoms with Gasteiger partial charge in [-0.25, -0.2) is 17.2 Å². The number of carbonyl (C=O) groups excluding carboxylic acids is 1. The van der Waals surface area contributed by atoms with Crippen molar-refractivity contribution in [2.75, 3.05) is 44.6 Å². The van der Waals surface area contributed by atoms with E-state index in [1.165, 1.54) is 29.4 Å². The van der Waals surface area contributed by atoms with Gasteiger partial charge < -0.3 is 10.1 Å². The van der Waals surface area contributed by atoms with Crippen molar-refractivity contribution in [2.45, 2.75) is 17.9 Å². The summed E-state index contributed by atoms with van der Waals surface area (Å²) in [6.45, 7) is 4.02. The van der Waals surface area contributed by atoms with Gasteiger partial charge in [-0.15, -0.1) is 0 Å². The van der Waals surface area contributed by atoms with Crippen molar-refractivity contribution in [1.29, 1.82) is 0 Å². The van der Waals surface area contributed by atoms with Gasteiger partial charge in [0, 0.05) is 45.3 Å². The van der Waals surface area contributed by atoms with Crippen molar-refractivity contribution in [3.8, 4) is 0 Å². The molecule has 0 unspecified atom stereocenters. The normalized spacial score (nSPS) is 15.9. The van der Waals surface area contributed by atoms with Crippen LogP contribution in [0, 0.1) is 11.6 Å². The lowest BCUT2D eigenvalue weighted by Gasteiger charge is -2.34. The Balaban J connectivity index is 1.33. The van der Waals surface area contributed by atoms with Crippen LogP contribution in [0.15, 0.2) is 77.7 Å². The maximum atomic E-state index is 13.9. The molecule has 0 bridgehead atoms. The molecular weight excluding hydrogens is 500 g/mol. The zero-order valence-corrected chi connectivity index (χ0v) is 21.3. The number of hydrogen-bond donors (Lipinski definition) is 1. The molecule has 1 heterocycles. The molecule has 1 aliphatic rings. The van der Waals surface area contributed by atoms with Crippen LogP contribution in [0.2, 0.25) is 0 Å². The second kappa shape index (κ2) is 11.9. The van der Waals surface area contributed by atoms with Crippen molar-refractivity contribution in [3.05, 3.63) is 95.6 Å². The van der Waals surface area contributed by atoms with Gasteiger partial charge in [-0.1, -0.05) is 36.4 Å². The SMILES string of the molecule is CC(=O)Nc1ccc(S(=O)(=O)N2CCN(CCO[C@H](c3ccccc3)c3ccc(F)c(F)c3)CC2)cc1. The highest BCUT2D eigenvalue weighted by Gasteiger charge is 2.28. The smallest absolute Gasteiger partial charge is 0.243 e. The van der Waals surface area contributed by atoms with Gasteiger partial charge in [0.1, 0.15) is 6.10 Å². The Bertz CT molecular complexity index is 1310. The van der Waals surface area contributed by atoms with E-state index in [0.717, 1.165) is 17.7 Å². The van der Waals surface area contributed by atoms with Gasteiger partial charge in [0.2, 0.25) is 15.9 Å². The van der Waals surface area contributed by atoms with E-state index in [1.807, 2.05) is 30.3 Å². The fraction of sp³-hybridized carbons (Fsp3) is 0.296. The summed E-state index contributed by atoms with van der Waals surface area (Å²) in [4.78, 5) is 13.5. The highest BCUT2D eigenvalue weighted by Crippen LogP contribution is 2.27. The fourth-order valence-corrected chi connectivity index (χ4v) is 5.67. The molecule has 0 aliphatic carbocycles. The third-order valence-electron chi connectivity index (χ3n) is 6.18. The van der Waals surface area contributed by atoms with E-state index in [0.29, 0.717) is 50.6 Å². The molecule has 3 aromatic rings. The van der Waals surface area contributed by atoms with Crippen LogP contribution in [0.3, 0.4) is 0 Å². The average Bonchev–Trinajstić information content (AvgIpc) is 2.89. The number of piperazine rings is 1. The molecule has 1 saturated heterocycles. The van der Waals surface area contributed by atoms with Crippen LogP contribution < -0.4 is 5.32 Å². The number of amides is 1. The number of nitrogens with one attached hydrogen (secondary N) is 1. The molecule has 1 N–H and O–H groups in total. The molecule has 1 fully saturated rings. The van der Waals surface area contributed by atoms with Gasteiger partial charge >= 0.3 is 0 Å². The van der Waals surface area contributed by atoms with E-state index in [2.05, 4.69) is 10.2 Å². The van der Waals surface area contributed by atoms with E-state index in [-0.39, 0.29) is 10.8 Å². The Morgan fingerprint density at radius 3 is 2.22 bits per heavy atom. The first-order chi connectivity index (χ1) is 17.7. The Hall–Kier alpha value is -3.18. The third-order valence-corrected chi connectivity index (χ3v) is 8.10. The molecular formula is C27H29F2N3O4S.